The molecule has 0 aliphatic carbocycles. The molecular formula is C17H20N6O2. The average molecular weight is 340 g/mol. The standard InChI is InChI=1S/C17H20N6O2/c1-10-6-12(11-4-3-5-19-8-11)14(7-18)23(2)15(10)21-13-9-20-17(25)22-16(13)24/h3-6,8-9,14,21H,7,18H2,1-2H3,(H2,20,22,24,25). The van der Waals surface area contributed by atoms with Crippen LogP contribution in [0.2, 0.25) is 0 Å². The van der Waals surface area contributed by atoms with Gasteiger partial charge in [-0.2, -0.15) is 0 Å². The molecular weight excluding hydrogens is 320 g/mol. The largest absolute Gasteiger partial charge is 0.353 e. The van der Waals surface area contributed by atoms with Crippen LogP contribution in [-0.4, -0.2) is 39.5 Å². The molecule has 1 aliphatic rings. The zero-order valence-corrected chi connectivity index (χ0v) is 14.0. The quantitative estimate of drug-likeness (QED) is 0.642. The lowest BCUT2D eigenvalue weighted by molar-refractivity contribution is 0.363. The number of anilines is 1. The maximum Gasteiger partial charge on any atom is 0.325 e. The third-order valence-corrected chi connectivity index (χ3v) is 4.22. The molecule has 0 spiro atoms. The molecule has 5 N–H and O–H groups in total. The number of hydrogen-bond donors (Lipinski definition) is 4. The van der Waals surface area contributed by atoms with Gasteiger partial charge in [0.05, 0.1) is 6.04 Å². The number of hydrogen-bond acceptors (Lipinski definition) is 6. The Morgan fingerprint density at radius 3 is 2.84 bits per heavy atom. The number of rotatable bonds is 4. The highest BCUT2D eigenvalue weighted by atomic mass is 16.2. The van der Waals surface area contributed by atoms with Crippen molar-refractivity contribution in [3.05, 3.63) is 74.6 Å². The van der Waals surface area contributed by atoms with Crippen molar-refractivity contribution in [2.45, 2.75) is 13.0 Å². The summed E-state index contributed by atoms with van der Waals surface area (Å²) in [6.07, 6.45) is 6.93. The van der Waals surface area contributed by atoms with E-state index in [9.17, 15) is 9.59 Å². The van der Waals surface area contributed by atoms with E-state index in [0.29, 0.717) is 6.54 Å². The van der Waals surface area contributed by atoms with Gasteiger partial charge < -0.3 is 20.9 Å². The van der Waals surface area contributed by atoms with Crippen LogP contribution in [0.3, 0.4) is 0 Å². The third kappa shape index (κ3) is 3.24. The fourth-order valence-electron chi connectivity index (χ4n) is 2.95. The van der Waals surface area contributed by atoms with Crippen molar-refractivity contribution in [1.29, 1.82) is 0 Å². The van der Waals surface area contributed by atoms with E-state index in [1.807, 2.05) is 37.1 Å². The Labute approximate surface area is 144 Å². The Balaban J connectivity index is 2.03. The molecule has 3 rings (SSSR count). The molecule has 2 aromatic rings. The van der Waals surface area contributed by atoms with Gasteiger partial charge in [-0.05, 0) is 35.8 Å². The monoisotopic (exact) mass is 340 g/mol. The second kappa shape index (κ2) is 6.78. The van der Waals surface area contributed by atoms with Crippen LogP contribution in [0.5, 0.6) is 0 Å². The SMILES string of the molecule is CC1=C(Nc2c[nH]c(=O)[nH]c2=O)N(C)C(CN)C(c2cccnc2)=C1. The predicted molar refractivity (Wildman–Crippen MR) is 96.8 cm³/mol. The number of pyridine rings is 1. The Hall–Kier alpha value is -3.13. The first-order chi connectivity index (χ1) is 12.0. The minimum Gasteiger partial charge on any atom is -0.353 e. The van der Waals surface area contributed by atoms with Gasteiger partial charge in [-0.3, -0.25) is 14.8 Å². The van der Waals surface area contributed by atoms with E-state index >= 15 is 0 Å². The Bertz CT molecular complexity index is 941. The number of aromatic nitrogens is 3. The zero-order valence-electron chi connectivity index (χ0n) is 14.0. The van der Waals surface area contributed by atoms with Gasteiger partial charge in [-0.25, -0.2) is 4.79 Å². The number of nitrogens with zero attached hydrogens (tertiary/aromatic N) is 2. The molecule has 0 radical (unpaired) electrons. The van der Waals surface area contributed by atoms with Crippen LogP contribution in [0.1, 0.15) is 12.5 Å². The molecule has 130 valence electrons. The van der Waals surface area contributed by atoms with Crippen molar-refractivity contribution < 1.29 is 0 Å². The summed E-state index contributed by atoms with van der Waals surface area (Å²) in [6, 6.07) is 3.81. The van der Waals surface area contributed by atoms with Crippen molar-refractivity contribution in [2.75, 3.05) is 18.9 Å². The van der Waals surface area contributed by atoms with Gasteiger partial charge in [0.15, 0.2) is 0 Å². The van der Waals surface area contributed by atoms with E-state index in [0.717, 1.165) is 22.5 Å². The normalized spacial score (nSPS) is 17.5. The van der Waals surface area contributed by atoms with Gasteiger partial charge in [0, 0.05) is 32.2 Å². The topological polar surface area (TPSA) is 120 Å². The van der Waals surface area contributed by atoms with Crippen LogP contribution >= 0.6 is 0 Å². The van der Waals surface area contributed by atoms with Crippen LogP contribution in [0, 0.1) is 0 Å². The predicted octanol–water partition coefficient (Wildman–Crippen LogP) is 0.458. The summed E-state index contributed by atoms with van der Waals surface area (Å²) in [7, 11) is 1.91. The smallest absolute Gasteiger partial charge is 0.325 e. The minimum atomic E-state index is -0.545. The second-order valence-electron chi connectivity index (χ2n) is 5.85. The van der Waals surface area contributed by atoms with Crippen LogP contribution in [0.15, 0.2) is 57.8 Å². The molecule has 1 unspecified atom stereocenters. The van der Waals surface area contributed by atoms with Crippen molar-refractivity contribution >= 4 is 11.3 Å². The lowest BCUT2D eigenvalue weighted by Gasteiger charge is -2.37. The van der Waals surface area contributed by atoms with E-state index < -0.39 is 11.2 Å². The van der Waals surface area contributed by atoms with E-state index in [1.54, 1.807) is 12.4 Å². The van der Waals surface area contributed by atoms with E-state index in [-0.39, 0.29) is 11.7 Å². The highest BCUT2D eigenvalue weighted by Crippen LogP contribution is 2.30. The molecule has 0 fully saturated rings. The molecule has 0 aromatic carbocycles. The molecule has 8 heteroatoms. The number of likely N-dealkylation sites (N-methyl/N-ethyl adjacent to an activating group) is 1. The molecule has 3 heterocycles. The van der Waals surface area contributed by atoms with Crippen molar-refractivity contribution in [1.82, 2.24) is 19.9 Å². The Morgan fingerprint density at radius 1 is 1.40 bits per heavy atom. The first kappa shape index (κ1) is 16.7. The van der Waals surface area contributed by atoms with Crippen molar-refractivity contribution in [3.63, 3.8) is 0 Å². The van der Waals surface area contributed by atoms with E-state index in [4.69, 9.17) is 5.73 Å². The molecule has 25 heavy (non-hydrogen) atoms. The van der Waals surface area contributed by atoms with Crippen molar-refractivity contribution in [3.8, 4) is 0 Å². The maximum absolute atomic E-state index is 11.9. The molecule has 0 saturated heterocycles. The summed E-state index contributed by atoms with van der Waals surface area (Å²) in [5.74, 6) is 0.751. The fourth-order valence-corrected chi connectivity index (χ4v) is 2.95. The molecule has 1 atom stereocenters. The first-order valence-electron chi connectivity index (χ1n) is 7.86. The summed E-state index contributed by atoms with van der Waals surface area (Å²) < 4.78 is 0. The number of nitrogens with two attached hydrogens (primary N) is 1. The number of aromatic amines is 2. The van der Waals surface area contributed by atoms with Gasteiger partial charge in [0.1, 0.15) is 11.5 Å². The summed E-state index contributed by atoms with van der Waals surface area (Å²) in [6.45, 7) is 2.35. The highest BCUT2D eigenvalue weighted by Gasteiger charge is 2.27. The highest BCUT2D eigenvalue weighted by molar-refractivity contribution is 5.74. The Morgan fingerprint density at radius 2 is 2.20 bits per heavy atom. The average Bonchev–Trinajstić information content (AvgIpc) is 2.60. The second-order valence-corrected chi connectivity index (χ2v) is 5.85. The van der Waals surface area contributed by atoms with Gasteiger partial charge in [-0.1, -0.05) is 6.07 Å². The fraction of sp³-hybridized carbons (Fsp3) is 0.235. The summed E-state index contributed by atoms with van der Waals surface area (Å²) in [5.41, 5.74) is 8.25. The first-order valence-corrected chi connectivity index (χ1v) is 7.86. The molecule has 8 nitrogen and oxygen atoms in total. The van der Waals surface area contributed by atoms with Crippen molar-refractivity contribution in [2.24, 2.45) is 5.73 Å². The number of nitrogens with one attached hydrogen (secondary N) is 3. The zero-order chi connectivity index (χ0) is 18.0. The number of H-pyrrole nitrogens is 2. The van der Waals surface area contributed by atoms with Crippen LogP contribution in [0.4, 0.5) is 5.69 Å². The molecule has 2 aromatic heterocycles. The molecule has 0 bridgehead atoms. The summed E-state index contributed by atoms with van der Waals surface area (Å²) in [5, 5.41) is 3.09. The third-order valence-electron chi connectivity index (χ3n) is 4.22. The number of allylic oxidation sites excluding steroid dienone is 2. The Kier molecular flexibility index (Phi) is 4.53. The van der Waals surface area contributed by atoms with Crippen LogP contribution < -0.4 is 22.3 Å². The van der Waals surface area contributed by atoms with Gasteiger partial charge in [0.25, 0.3) is 5.56 Å². The van der Waals surface area contributed by atoms with Gasteiger partial charge >= 0.3 is 5.69 Å². The van der Waals surface area contributed by atoms with Gasteiger partial charge in [-0.15, -0.1) is 0 Å². The lowest BCUT2D eigenvalue weighted by Crippen LogP contribution is -2.43. The minimum absolute atomic E-state index is 0.0720. The van der Waals surface area contributed by atoms with Crippen LogP contribution in [0.25, 0.3) is 5.57 Å². The molecule has 1 aliphatic heterocycles. The maximum atomic E-state index is 11.9. The summed E-state index contributed by atoms with van der Waals surface area (Å²) >= 11 is 0. The lowest BCUT2D eigenvalue weighted by atomic mass is 9.93. The molecule has 0 amide bonds. The van der Waals surface area contributed by atoms with Gasteiger partial charge in [0.2, 0.25) is 0 Å². The summed E-state index contributed by atoms with van der Waals surface area (Å²) in [4.78, 5) is 33.9. The van der Waals surface area contributed by atoms with E-state index in [2.05, 4.69) is 20.3 Å². The van der Waals surface area contributed by atoms with E-state index in [1.165, 1.54) is 6.20 Å². The molecule has 0 saturated carbocycles. The van der Waals surface area contributed by atoms with Crippen LogP contribution in [-0.2, 0) is 0 Å².